The molecule has 0 saturated heterocycles. The third-order valence-electron chi connectivity index (χ3n) is 2.71. The van der Waals surface area contributed by atoms with E-state index in [4.69, 9.17) is 5.73 Å². The van der Waals surface area contributed by atoms with E-state index >= 15 is 0 Å². The number of fused-ring (bicyclic) bond motifs is 1. The summed E-state index contributed by atoms with van der Waals surface area (Å²) < 4.78 is 0.937. The maximum absolute atomic E-state index is 12.1. The highest BCUT2D eigenvalue weighted by Crippen LogP contribution is 2.13. The van der Waals surface area contributed by atoms with Gasteiger partial charge in [-0.2, -0.15) is 14.8 Å². The van der Waals surface area contributed by atoms with E-state index in [9.17, 15) is 9.90 Å². The Hall–Kier alpha value is -3.16. The van der Waals surface area contributed by atoms with Crippen molar-refractivity contribution < 1.29 is 5.11 Å². The first-order chi connectivity index (χ1) is 9.66. The molecule has 100 valence electrons. The van der Waals surface area contributed by atoms with Crippen molar-refractivity contribution in [2.45, 2.75) is 0 Å². The van der Waals surface area contributed by atoms with Crippen LogP contribution < -0.4 is 11.3 Å². The minimum Gasteiger partial charge on any atom is -0.507 e. The SMILES string of the molecule is Nc1nc2nc[nH]c2c(=O)n1N=Cc1ccccc1O. The summed E-state index contributed by atoms with van der Waals surface area (Å²) in [6, 6.07) is 6.60. The number of hydrogen-bond acceptors (Lipinski definition) is 6. The molecule has 3 aromatic rings. The van der Waals surface area contributed by atoms with Gasteiger partial charge in [0.15, 0.2) is 11.2 Å². The predicted molar refractivity (Wildman–Crippen MR) is 73.7 cm³/mol. The Morgan fingerprint density at radius 3 is 3.00 bits per heavy atom. The number of benzene rings is 1. The summed E-state index contributed by atoms with van der Waals surface area (Å²) in [6.07, 6.45) is 2.69. The van der Waals surface area contributed by atoms with Crippen LogP contribution in [0, 0.1) is 0 Å². The van der Waals surface area contributed by atoms with Crippen molar-refractivity contribution in [1.29, 1.82) is 0 Å². The molecule has 4 N–H and O–H groups in total. The quantitative estimate of drug-likeness (QED) is 0.577. The average molecular weight is 270 g/mol. The van der Waals surface area contributed by atoms with Crippen molar-refractivity contribution in [3.63, 3.8) is 0 Å². The van der Waals surface area contributed by atoms with Gasteiger partial charge in [0.25, 0.3) is 0 Å². The van der Waals surface area contributed by atoms with Crippen LogP contribution >= 0.6 is 0 Å². The number of anilines is 1. The van der Waals surface area contributed by atoms with E-state index in [1.807, 2.05) is 0 Å². The summed E-state index contributed by atoms with van der Waals surface area (Å²) in [6.45, 7) is 0. The number of para-hydroxylation sites is 1. The molecule has 0 unspecified atom stereocenters. The monoisotopic (exact) mass is 270 g/mol. The topological polar surface area (TPSA) is 122 Å². The van der Waals surface area contributed by atoms with Crippen LogP contribution in [0.15, 0.2) is 40.5 Å². The van der Waals surface area contributed by atoms with Gasteiger partial charge in [0.1, 0.15) is 5.75 Å². The molecule has 0 fully saturated rings. The highest BCUT2D eigenvalue weighted by molar-refractivity contribution is 5.83. The lowest BCUT2D eigenvalue weighted by molar-refractivity contribution is 0.474. The molecule has 0 atom stereocenters. The number of nitrogens with zero attached hydrogens (tertiary/aromatic N) is 4. The molecule has 0 saturated carbocycles. The normalized spacial score (nSPS) is 11.4. The minimum absolute atomic E-state index is 0.0541. The standard InChI is InChI=1S/C12H10N6O2/c13-12-17-10-9(14-6-15-10)11(20)18(12)16-5-7-3-1-2-4-8(7)19/h1-6,19H,(H2,13,17)(H,14,15). The first kappa shape index (κ1) is 11.9. The summed E-state index contributed by atoms with van der Waals surface area (Å²) in [4.78, 5) is 22.6. The molecular formula is C12H10N6O2. The molecule has 1 aromatic carbocycles. The van der Waals surface area contributed by atoms with Gasteiger partial charge in [0.2, 0.25) is 5.95 Å². The number of phenols is 1. The van der Waals surface area contributed by atoms with Crippen LogP contribution in [-0.2, 0) is 0 Å². The van der Waals surface area contributed by atoms with Crippen LogP contribution in [-0.4, -0.2) is 30.9 Å². The lowest BCUT2D eigenvalue weighted by Crippen LogP contribution is -2.21. The number of phenolic OH excluding ortho intramolecular Hbond substituents is 1. The van der Waals surface area contributed by atoms with Gasteiger partial charge in [-0.15, -0.1) is 0 Å². The van der Waals surface area contributed by atoms with Crippen LogP contribution in [0.25, 0.3) is 11.2 Å². The molecule has 0 spiro atoms. The van der Waals surface area contributed by atoms with Crippen LogP contribution in [0.4, 0.5) is 5.95 Å². The number of H-pyrrole nitrogens is 1. The fraction of sp³-hybridized carbons (Fsp3) is 0. The molecule has 0 radical (unpaired) electrons. The fourth-order valence-electron chi connectivity index (χ4n) is 1.72. The van der Waals surface area contributed by atoms with E-state index in [2.05, 4.69) is 20.1 Å². The number of nitrogens with two attached hydrogens (primary N) is 1. The van der Waals surface area contributed by atoms with E-state index in [1.54, 1.807) is 18.2 Å². The Labute approximate surface area is 112 Å². The first-order valence-electron chi connectivity index (χ1n) is 5.71. The van der Waals surface area contributed by atoms with Crippen LogP contribution in [0.1, 0.15) is 5.56 Å². The van der Waals surface area contributed by atoms with E-state index in [-0.39, 0.29) is 22.9 Å². The van der Waals surface area contributed by atoms with E-state index < -0.39 is 5.56 Å². The van der Waals surface area contributed by atoms with E-state index in [0.29, 0.717) is 5.56 Å². The van der Waals surface area contributed by atoms with Crippen molar-refractivity contribution in [2.24, 2.45) is 5.10 Å². The molecule has 2 heterocycles. The number of nitrogens with one attached hydrogen (secondary N) is 1. The first-order valence-corrected chi connectivity index (χ1v) is 5.71. The largest absolute Gasteiger partial charge is 0.507 e. The average Bonchev–Trinajstić information content (AvgIpc) is 2.88. The van der Waals surface area contributed by atoms with Gasteiger partial charge < -0.3 is 15.8 Å². The number of nitrogen functional groups attached to an aromatic ring is 1. The molecule has 20 heavy (non-hydrogen) atoms. The number of aromatic nitrogens is 4. The van der Waals surface area contributed by atoms with E-state index in [0.717, 1.165) is 4.68 Å². The van der Waals surface area contributed by atoms with Crippen LogP contribution in [0.2, 0.25) is 0 Å². The molecule has 3 rings (SSSR count). The summed E-state index contributed by atoms with van der Waals surface area (Å²) in [5, 5.41) is 13.6. The van der Waals surface area contributed by atoms with Crippen molar-refractivity contribution in [1.82, 2.24) is 19.6 Å². The number of aromatic hydroxyl groups is 1. The zero-order valence-electron chi connectivity index (χ0n) is 10.2. The number of hydrogen-bond donors (Lipinski definition) is 3. The second-order valence-corrected chi connectivity index (χ2v) is 3.99. The number of aromatic amines is 1. The van der Waals surface area contributed by atoms with Gasteiger partial charge in [-0.05, 0) is 12.1 Å². The lowest BCUT2D eigenvalue weighted by Gasteiger charge is -2.02. The molecule has 2 aromatic heterocycles. The molecule has 0 aliphatic heterocycles. The van der Waals surface area contributed by atoms with Gasteiger partial charge in [0, 0.05) is 5.56 Å². The van der Waals surface area contributed by atoms with Crippen molar-refractivity contribution in [3.8, 4) is 5.75 Å². The highest BCUT2D eigenvalue weighted by Gasteiger charge is 2.09. The molecule has 8 nitrogen and oxygen atoms in total. The Balaban J connectivity index is 2.11. The third kappa shape index (κ3) is 1.88. The second-order valence-electron chi connectivity index (χ2n) is 3.99. The summed E-state index contributed by atoms with van der Waals surface area (Å²) in [5.41, 5.74) is 6.12. The Morgan fingerprint density at radius 2 is 2.20 bits per heavy atom. The second kappa shape index (κ2) is 4.50. The summed E-state index contributed by atoms with van der Waals surface area (Å²) in [7, 11) is 0. The van der Waals surface area contributed by atoms with Crippen molar-refractivity contribution in [2.75, 3.05) is 5.73 Å². The smallest absolute Gasteiger partial charge is 0.301 e. The fourth-order valence-corrected chi connectivity index (χ4v) is 1.72. The van der Waals surface area contributed by atoms with Gasteiger partial charge >= 0.3 is 5.56 Å². The summed E-state index contributed by atoms with van der Waals surface area (Å²) in [5.74, 6) is -0.0280. The molecule has 0 aliphatic rings. The maximum Gasteiger partial charge on any atom is 0.301 e. The molecular weight excluding hydrogens is 260 g/mol. The van der Waals surface area contributed by atoms with Crippen molar-refractivity contribution in [3.05, 3.63) is 46.5 Å². The number of rotatable bonds is 2. The van der Waals surface area contributed by atoms with Gasteiger partial charge in [-0.3, -0.25) is 4.79 Å². The van der Waals surface area contributed by atoms with Gasteiger partial charge in [-0.1, -0.05) is 12.1 Å². The molecule has 0 aliphatic carbocycles. The number of imidazole rings is 1. The maximum atomic E-state index is 12.1. The highest BCUT2D eigenvalue weighted by atomic mass is 16.3. The zero-order valence-corrected chi connectivity index (χ0v) is 10.2. The molecule has 0 amide bonds. The van der Waals surface area contributed by atoms with Crippen molar-refractivity contribution >= 4 is 23.3 Å². The van der Waals surface area contributed by atoms with Crippen LogP contribution in [0.5, 0.6) is 5.75 Å². The molecule has 8 heteroatoms. The van der Waals surface area contributed by atoms with Crippen LogP contribution in [0.3, 0.4) is 0 Å². The van der Waals surface area contributed by atoms with Gasteiger partial charge in [0.05, 0.1) is 12.5 Å². The summed E-state index contributed by atoms with van der Waals surface area (Å²) >= 11 is 0. The zero-order chi connectivity index (χ0) is 14.1. The van der Waals surface area contributed by atoms with E-state index in [1.165, 1.54) is 18.6 Å². The minimum atomic E-state index is -0.461. The Morgan fingerprint density at radius 1 is 1.40 bits per heavy atom. The molecule has 0 bridgehead atoms. The third-order valence-corrected chi connectivity index (χ3v) is 2.71. The van der Waals surface area contributed by atoms with Gasteiger partial charge in [-0.25, -0.2) is 4.98 Å². The lowest BCUT2D eigenvalue weighted by atomic mass is 10.2. The predicted octanol–water partition coefficient (Wildman–Crippen LogP) is 0.290. The Bertz CT molecular complexity index is 864. The Kier molecular flexibility index (Phi) is 2.68.